The van der Waals surface area contributed by atoms with Crippen LogP contribution in [0.1, 0.15) is 61.6 Å². The first-order valence-electron chi connectivity index (χ1n) is 9.93. The molecule has 7 heteroatoms. The van der Waals surface area contributed by atoms with Crippen LogP contribution in [0.3, 0.4) is 0 Å². The van der Waals surface area contributed by atoms with E-state index in [0.29, 0.717) is 28.4 Å². The fourth-order valence-electron chi connectivity index (χ4n) is 3.40. The number of carbonyl (C=O) groups excluding carboxylic acids is 1. The molecule has 1 aliphatic rings. The number of H-pyrrole nitrogens is 1. The molecule has 152 valence electrons. The number of aromatic nitrogens is 3. The van der Waals surface area contributed by atoms with Gasteiger partial charge in [-0.25, -0.2) is 9.97 Å². The standard InChI is InChI=1S/C22H27N5O2/c1-12(22(2,3)4)26-21(28)16-10-24-20-19(16)27-18(11-25-20)29-14-6-7-15-13(9-14)5-8-17(15)23/h6-7,9-12,17H,5,8,23H2,1-4H3,(H,24,25)(H,26,28)/t12-,17+/m0/s1. The number of nitrogens with one attached hydrogen (secondary N) is 2. The van der Waals surface area contributed by atoms with Crippen LogP contribution in [0.15, 0.2) is 30.6 Å². The van der Waals surface area contributed by atoms with E-state index in [9.17, 15) is 4.79 Å². The second-order valence-corrected chi connectivity index (χ2v) is 8.78. The molecule has 4 N–H and O–H groups in total. The van der Waals surface area contributed by atoms with Crippen molar-refractivity contribution in [2.75, 3.05) is 0 Å². The van der Waals surface area contributed by atoms with Crippen molar-refractivity contribution in [3.8, 4) is 11.6 Å². The summed E-state index contributed by atoms with van der Waals surface area (Å²) in [5.41, 5.74) is 9.93. The molecule has 0 fully saturated rings. The third kappa shape index (κ3) is 3.82. The first kappa shape index (κ1) is 19.4. The zero-order valence-corrected chi connectivity index (χ0v) is 17.2. The monoisotopic (exact) mass is 393 g/mol. The van der Waals surface area contributed by atoms with E-state index in [4.69, 9.17) is 10.5 Å². The quantitative estimate of drug-likeness (QED) is 0.624. The molecule has 0 spiro atoms. The Morgan fingerprint density at radius 1 is 1.38 bits per heavy atom. The lowest BCUT2D eigenvalue weighted by Gasteiger charge is -2.27. The van der Waals surface area contributed by atoms with Crippen molar-refractivity contribution >= 4 is 17.1 Å². The lowest BCUT2D eigenvalue weighted by Crippen LogP contribution is -2.41. The maximum Gasteiger partial charge on any atom is 0.255 e. The Morgan fingerprint density at radius 2 is 2.17 bits per heavy atom. The molecular formula is C22H27N5O2. The van der Waals surface area contributed by atoms with Crippen molar-refractivity contribution < 1.29 is 9.53 Å². The first-order chi connectivity index (χ1) is 13.7. The van der Waals surface area contributed by atoms with Crippen molar-refractivity contribution in [3.63, 3.8) is 0 Å². The minimum Gasteiger partial charge on any atom is -0.437 e. The van der Waals surface area contributed by atoms with Crippen molar-refractivity contribution in [1.82, 2.24) is 20.3 Å². The Morgan fingerprint density at radius 3 is 2.93 bits per heavy atom. The summed E-state index contributed by atoms with van der Waals surface area (Å²) in [6.45, 7) is 8.25. The highest BCUT2D eigenvalue weighted by atomic mass is 16.5. The van der Waals surface area contributed by atoms with E-state index in [-0.39, 0.29) is 23.4 Å². The lowest BCUT2D eigenvalue weighted by atomic mass is 9.88. The number of aryl methyl sites for hydroxylation is 1. The molecule has 2 atom stereocenters. The number of hydrogen-bond donors (Lipinski definition) is 3. The molecule has 2 heterocycles. The second-order valence-electron chi connectivity index (χ2n) is 8.78. The van der Waals surface area contributed by atoms with Gasteiger partial charge in [-0.1, -0.05) is 26.8 Å². The van der Waals surface area contributed by atoms with Crippen molar-refractivity contribution in [3.05, 3.63) is 47.3 Å². The van der Waals surface area contributed by atoms with E-state index in [0.717, 1.165) is 12.8 Å². The van der Waals surface area contributed by atoms with Gasteiger partial charge in [0.2, 0.25) is 5.88 Å². The van der Waals surface area contributed by atoms with Gasteiger partial charge in [-0.15, -0.1) is 0 Å². The van der Waals surface area contributed by atoms with Crippen LogP contribution in [0.5, 0.6) is 11.6 Å². The molecule has 3 aromatic rings. The molecule has 2 aromatic heterocycles. The molecule has 0 aliphatic heterocycles. The predicted octanol–water partition coefficient (Wildman–Crippen LogP) is 3.86. The molecule has 1 aliphatic carbocycles. The van der Waals surface area contributed by atoms with Gasteiger partial charge in [-0.05, 0) is 48.4 Å². The number of benzene rings is 1. The fourth-order valence-corrected chi connectivity index (χ4v) is 3.40. The lowest BCUT2D eigenvalue weighted by molar-refractivity contribution is 0.0911. The van der Waals surface area contributed by atoms with Crippen LogP contribution in [0, 0.1) is 5.41 Å². The number of nitrogens with two attached hydrogens (primary N) is 1. The number of aromatic amines is 1. The summed E-state index contributed by atoms with van der Waals surface area (Å²) in [7, 11) is 0. The number of rotatable bonds is 4. The van der Waals surface area contributed by atoms with E-state index < -0.39 is 0 Å². The largest absolute Gasteiger partial charge is 0.437 e. The van der Waals surface area contributed by atoms with Crippen molar-refractivity contribution in [1.29, 1.82) is 0 Å². The number of amides is 1. The van der Waals surface area contributed by atoms with Crippen molar-refractivity contribution in [2.24, 2.45) is 11.1 Å². The number of ether oxygens (including phenoxy) is 1. The molecular weight excluding hydrogens is 366 g/mol. The maximum absolute atomic E-state index is 12.8. The molecule has 4 rings (SSSR count). The van der Waals surface area contributed by atoms with E-state index in [1.807, 2.05) is 25.1 Å². The summed E-state index contributed by atoms with van der Waals surface area (Å²) in [5, 5.41) is 3.04. The molecule has 1 aromatic carbocycles. The molecule has 0 bridgehead atoms. The van der Waals surface area contributed by atoms with Gasteiger partial charge >= 0.3 is 0 Å². The fraction of sp³-hybridized carbons (Fsp3) is 0.409. The molecule has 1 amide bonds. The predicted molar refractivity (Wildman–Crippen MR) is 112 cm³/mol. The van der Waals surface area contributed by atoms with Crippen LogP contribution in [0.4, 0.5) is 0 Å². The Balaban J connectivity index is 1.58. The van der Waals surface area contributed by atoms with Crippen LogP contribution in [0.25, 0.3) is 11.2 Å². The van der Waals surface area contributed by atoms with Gasteiger partial charge in [0, 0.05) is 18.3 Å². The van der Waals surface area contributed by atoms with E-state index in [2.05, 4.69) is 41.0 Å². The van der Waals surface area contributed by atoms with Crippen LogP contribution in [-0.4, -0.2) is 26.9 Å². The van der Waals surface area contributed by atoms with Gasteiger partial charge in [-0.2, -0.15) is 0 Å². The Labute approximate surface area is 170 Å². The van der Waals surface area contributed by atoms with Gasteiger partial charge in [0.05, 0.1) is 11.8 Å². The number of carbonyl (C=O) groups is 1. The molecule has 29 heavy (non-hydrogen) atoms. The zero-order chi connectivity index (χ0) is 20.8. The van der Waals surface area contributed by atoms with Crippen LogP contribution in [-0.2, 0) is 6.42 Å². The highest BCUT2D eigenvalue weighted by Crippen LogP contribution is 2.33. The first-order valence-corrected chi connectivity index (χ1v) is 9.93. The molecule has 7 nitrogen and oxygen atoms in total. The Bertz CT molecular complexity index is 1070. The second kappa shape index (κ2) is 7.15. The SMILES string of the molecule is C[C@H](NC(=O)c1c[nH]c2ncc(Oc3ccc4c(c3)CC[C@H]4N)nc12)C(C)(C)C. The minimum absolute atomic E-state index is 0.00475. The van der Waals surface area contributed by atoms with Gasteiger partial charge in [0.25, 0.3) is 5.91 Å². The minimum atomic E-state index is -0.184. The normalized spacial score (nSPS) is 17.2. The summed E-state index contributed by atoms with van der Waals surface area (Å²) in [6, 6.07) is 6.02. The van der Waals surface area contributed by atoms with Gasteiger partial charge < -0.3 is 20.8 Å². The summed E-state index contributed by atoms with van der Waals surface area (Å²) in [4.78, 5) is 24.6. The van der Waals surface area contributed by atoms with Crippen LogP contribution < -0.4 is 15.8 Å². The summed E-state index contributed by atoms with van der Waals surface area (Å²) >= 11 is 0. The topological polar surface area (TPSA) is 106 Å². The smallest absolute Gasteiger partial charge is 0.255 e. The average molecular weight is 393 g/mol. The average Bonchev–Trinajstić information content (AvgIpc) is 3.24. The van der Waals surface area contributed by atoms with Gasteiger partial charge in [0.15, 0.2) is 5.65 Å². The third-order valence-electron chi connectivity index (χ3n) is 5.71. The third-order valence-corrected chi connectivity index (χ3v) is 5.71. The van der Waals surface area contributed by atoms with Gasteiger partial charge in [-0.3, -0.25) is 4.79 Å². The summed E-state index contributed by atoms with van der Waals surface area (Å²) in [6.07, 6.45) is 5.10. The molecule has 0 saturated carbocycles. The number of fused-ring (bicyclic) bond motifs is 2. The highest BCUT2D eigenvalue weighted by Gasteiger charge is 2.24. The van der Waals surface area contributed by atoms with E-state index in [1.54, 1.807) is 12.4 Å². The Hall–Kier alpha value is -2.93. The molecule has 0 saturated heterocycles. The van der Waals surface area contributed by atoms with Crippen LogP contribution in [0.2, 0.25) is 0 Å². The Kier molecular flexibility index (Phi) is 4.78. The maximum atomic E-state index is 12.8. The highest BCUT2D eigenvalue weighted by molar-refractivity contribution is 6.04. The summed E-state index contributed by atoms with van der Waals surface area (Å²) < 4.78 is 5.93. The zero-order valence-electron chi connectivity index (χ0n) is 17.2. The number of hydrogen-bond acceptors (Lipinski definition) is 5. The molecule has 0 radical (unpaired) electrons. The number of nitrogens with zero attached hydrogens (tertiary/aromatic N) is 2. The van der Waals surface area contributed by atoms with E-state index >= 15 is 0 Å². The van der Waals surface area contributed by atoms with Crippen LogP contribution >= 0.6 is 0 Å². The van der Waals surface area contributed by atoms with E-state index in [1.165, 1.54) is 11.1 Å². The summed E-state index contributed by atoms with van der Waals surface area (Å²) in [5.74, 6) is 0.850. The van der Waals surface area contributed by atoms with Gasteiger partial charge in [0.1, 0.15) is 11.3 Å². The van der Waals surface area contributed by atoms with Crippen molar-refractivity contribution in [2.45, 2.75) is 52.6 Å². The molecule has 0 unspecified atom stereocenters.